The average molecular weight is 484 g/mol. The van der Waals surface area contributed by atoms with Gasteiger partial charge in [-0.2, -0.15) is 0 Å². The van der Waals surface area contributed by atoms with E-state index in [0.29, 0.717) is 0 Å². The van der Waals surface area contributed by atoms with Crippen LogP contribution in [0.2, 0.25) is 0 Å². The third-order valence-corrected chi connectivity index (χ3v) is 7.35. The summed E-state index contributed by atoms with van der Waals surface area (Å²) in [5, 5.41) is 3.46. The summed E-state index contributed by atoms with van der Waals surface area (Å²) in [6.07, 6.45) is 1.65. The number of rotatable bonds is 4. The second-order valence-electron chi connectivity index (χ2n) is 7.91. The molecule has 7 heteroatoms. The lowest BCUT2D eigenvalue weighted by Gasteiger charge is -2.31. The Bertz CT molecular complexity index is 1430. The van der Waals surface area contributed by atoms with Gasteiger partial charge in [-0.1, -0.05) is 54.6 Å². The molecular weight excluding hydrogens is 462 g/mol. The Morgan fingerprint density at radius 3 is 2.18 bits per heavy atom. The fourth-order valence-electron chi connectivity index (χ4n) is 4.02. The first-order chi connectivity index (χ1) is 16.5. The molecule has 4 aromatic rings. The zero-order chi connectivity index (χ0) is 23.8. The van der Waals surface area contributed by atoms with Crippen LogP contribution in [0.15, 0.2) is 90.5 Å². The molecule has 1 aliphatic heterocycles. The quantitative estimate of drug-likeness (QED) is 0.204. The number of benzene rings is 3. The summed E-state index contributed by atoms with van der Waals surface area (Å²) in [6.45, 7) is 0. The molecule has 2 amide bonds. The lowest BCUT2D eigenvalue weighted by Crippen LogP contribution is -2.52. The van der Waals surface area contributed by atoms with Crippen molar-refractivity contribution >= 4 is 73.7 Å². The Morgan fingerprint density at radius 1 is 0.794 bits per heavy atom. The number of fused-ring (bicyclic) bond motifs is 1. The normalized spacial score (nSPS) is 14.2. The minimum Gasteiger partial charge on any atom is -0.301 e. The monoisotopic (exact) mass is 483 g/mol. The van der Waals surface area contributed by atoms with Crippen molar-refractivity contribution in [2.45, 2.75) is 0 Å². The molecule has 168 valence electrons. The van der Waals surface area contributed by atoms with Crippen LogP contribution in [-0.4, -0.2) is 40.8 Å². The number of para-hydroxylation sites is 1. The van der Waals surface area contributed by atoms with Crippen LogP contribution in [-0.2, 0) is 9.59 Å². The summed E-state index contributed by atoms with van der Waals surface area (Å²) in [4.78, 5) is 31.1. The van der Waals surface area contributed by atoms with Crippen LogP contribution in [0.1, 0.15) is 4.88 Å². The van der Waals surface area contributed by atoms with Crippen molar-refractivity contribution in [1.29, 1.82) is 0 Å². The lowest BCUT2D eigenvalue weighted by atomic mass is 10.1. The van der Waals surface area contributed by atoms with Gasteiger partial charge in [0.15, 0.2) is 5.11 Å². The van der Waals surface area contributed by atoms with Gasteiger partial charge in [0.2, 0.25) is 0 Å². The number of nitrogens with zero attached hydrogens (tertiary/aromatic N) is 3. The first-order valence-electron chi connectivity index (χ1n) is 10.7. The van der Waals surface area contributed by atoms with E-state index in [1.807, 2.05) is 42.5 Å². The van der Waals surface area contributed by atoms with Crippen molar-refractivity contribution in [3.05, 3.63) is 95.4 Å². The minimum atomic E-state index is -0.392. The maximum atomic E-state index is 12.7. The molecule has 5 nitrogen and oxygen atoms in total. The predicted molar refractivity (Wildman–Crippen MR) is 143 cm³/mol. The van der Waals surface area contributed by atoms with Crippen LogP contribution in [0.4, 0.5) is 16.4 Å². The molecule has 0 spiro atoms. The van der Waals surface area contributed by atoms with E-state index in [2.05, 4.69) is 47.4 Å². The Hall–Kier alpha value is -3.81. The van der Waals surface area contributed by atoms with Gasteiger partial charge in [0.05, 0.1) is 5.69 Å². The molecule has 0 saturated carbocycles. The Labute approximate surface area is 207 Å². The molecule has 2 heterocycles. The third kappa shape index (κ3) is 3.79. The minimum absolute atomic E-state index is 0.100. The second kappa shape index (κ2) is 8.85. The fraction of sp³-hybridized carbons (Fsp3) is 0.0741. The van der Waals surface area contributed by atoms with E-state index >= 15 is 0 Å². The highest BCUT2D eigenvalue weighted by Gasteiger charge is 2.35. The molecule has 0 aliphatic carbocycles. The van der Waals surface area contributed by atoms with Gasteiger partial charge in [0.25, 0.3) is 11.8 Å². The number of anilines is 3. The van der Waals surface area contributed by atoms with E-state index in [0.717, 1.165) is 32.0 Å². The van der Waals surface area contributed by atoms with Crippen molar-refractivity contribution < 1.29 is 9.59 Å². The van der Waals surface area contributed by atoms with E-state index in [9.17, 15) is 9.59 Å². The molecule has 0 N–H and O–H groups in total. The molecule has 1 fully saturated rings. The molecular formula is C27H21N3O2S2. The Balaban J connectivity index is 1.61. The number of likely N-dealkylation sites (N-methyl/N-ethyl adjacent to an activating group) is 2. The highest BCUT2D eigenvalue weighted by Crippen LogP contribution is 2.42. The summed E-state index contributed by atoms with van der Waals surface area (Å²) in [5.41, 5.74) is 2.18. The molecule has 0 atom stereocenters. The van der Waals surface area contributed by atoms with Gasteiger partial charge in [-0.3, -0.25) is 19.4 Å². The van der Waals surface area contributed by atoms with Crippen molar-refractivity contribution in [3.63, 3.8) is 0 Å². The van der Waals surface area contributed by atoms with E-state index in [4.69, 9.17) is 12.2 Å². The average Bonchev–Trinajstić information content (AvgIpc) is 3.33. The van der Waals surface area contributed by atoms with Crippen LogP contribution in [0.25, 0.3) is 16.8 Å². The van der Waals surface area contributed by atoms with Crippen molar-refractivity contribution in [2.24, 2.45) is 0 Å². The molecule has 34 heavy (non-hydrogen) atoms. The fourth-order valence-corrected chi connectivity index (χ4v) is 5.17. The van der Waals surface area contributed by atoms with Gasteiger partial charge in [-0.05, 0) is 54.0 Å². The molecule has 1 aromatic heterocycles. The largest absolute Gasteiger partial charge is 0.301 e. The van der Waals surface area contributed by atoms with E-state index < -0.39 is 11.8 Å². The number of carbonyl (C=O) groups is 2. The van der Waals surface area contributed by atoms with Crippen molar-refractivity contribution in [2.75, 3.05) is 19.0 Å². The SMILES string of the molecule is CN1C(=O)C(=Cc2ccc(N(c3ccccc3)c3cccc4ccccc34)s2)C(=O)N(C)C1=S. The van der Waals surface area contributed by atoms with E-state index in [1.54, 1.807) is 20.2 Å². The van der Waals surface area contributed by atoms with E-state index in [1.165, 1.54) is 21.1 Å². The molecule has 5 rings (SSSR count). The lowest BCUT2D eigenvalue weighted by molar-refractivity contribution is -0.132. The standard InChI is InChI=1S/C27H21N3O2S2/c1-28-25(31)22(26(32)29(2)27(28)33)17-20-15-16-24(34-20)30(19-11-4-3-5-12-19)23-14-8-10-18-9-6-7-13-21(18)23/h3-17H,1-2H3. The smallest absolute Gasteiger partial charge is 0.265 e. The molecule has 1 aliphatic rings. The number of carbonyl (C=O) groups excluding carboxylic acids is 2. The summed E-state index contributed by atoms with van der Waals surface area (Å²) < 4.78 is 0. The zero-order valence-corrected chi connectivity index (χ0v) is 20.3. The Kier molecular flexibility index (Phi) is 5.73. The van der Waals surface area contributed by atoms with Gasteiger partial charge in [0, 0.05) is 30.0 Å². The molecule has 0 unspecified atom stereocenters. The summed E-state index contributed by atoms with van der Waals surface area (Å²) in [6, 6.07) is 28.6. The number of hydrogen-bond acceptors (Lipinski definition) is 5. The maximum Gasteiger partial charge on any atom is 0.265 e. The molecule has 0 radical (unpaired) electrons. The summed E-state index contributed by atoms with van der Waals surface area (Å²) in [7, 11) is 3.16. The van der Waals surface area contributed by atoms with Crippen molar-refractivity contribution in [1.82, 2.24) is 9.80 Å². The van der Waals surface area contributed by atoms with Crippen LogP contribution in [0.5, 0.6) is 0 Å². The van der Waals surface area contributed by atoms with Crippen molar-refractivity contribution in [3.8, 4) is 0 Å². The summed E-state index contributed by atoms with van der Waals surface area (Å²) >= 11 is 6.70. The second-order valence-corrected chi connectivity index (χ2v) is 9.37. The highest BCUT2D eigenvalue weighted by atomic mass is 32.1. The number of hydrogen-bond donors (Lipinski definition) is 0. The maximum absolute atomic E-state index is 12.7. The van der Waals surface area contributed by atoms with Gasteiger partial charge >= 0.3 is 0 Å². The first kappa shape index (κ1) is 22.0. The van der Waals surface area contributed by atoms with Gasteiger partial charge < -0.3 is 4.90 Å². The Morgan fingerprint density at radius 2 is 1.44 bits per heavy atom. The molecule has 1 saturated heterocycles. The van der Waals surface area contributed by atoms with E-state index in [-0.39, 0.29) is 10.7 Å². The topological polar surface area (TPSA) is 43.9 Å². The number of thiocarbonyl (C=S) groups is 1. The predicted octanol–water partition coefficient (Wildman–Crippen LogP) is 5.97. The van der Waals surface area contributed by atoms with Crippen LogP contribution in [0.3, 0.4) is 0 Å². The van der Waals surface area contributed by atoms with Crippen LogP contribution >= 0.6 is 23.6 Å². The first-order valence-corrected chi connectivity index (χ1v) is 11.9. The van der Waals surface area contributed by atoms with Gasteiger partial charge in [-0.25, -0.2) is 0 Å². The molecule has 3 aromatic carbocycles. The van der Waals surface area contributed by atoms with Crippen LogP contribution in [0, 0.1) is 0 Å². The molecule has 0 bridgehead atoms. The summed E-state index contributed by atoms with van der Waals surface area (Å²) in [5.74, 6) is -0.783. The zero-order valence-electron chi connectivity index (χ0n) is 18.6. The highest BCUT2D eigenvalue weighted by molar-refractivity contribution is 7.80. The van der Waals surface area contributed by atoms with Gasteiger partial charge in [-0.15, -0.1) is 11.3 Å². The number of thiophene rings is 1. The van der Waals surface area contributed by atoms with Gasteiger partial charge in [0.1, 0.15) is 10.6 Å². The van der Waals surface area contributed by atoms with Crippen LogP contribution < -0.4 is 4.90 Å². The third-order valence-electron chi connectivity index (χ3n) is 5.79. The number of amides is 2.